The standard InChI is InChI=1S/C20H27N3O4S/c1-15-12-16(2)14-19(13-15)27-11-10-21-20(24)17-6-8-18(9-7-17)23(5)28(25,26)22(3)4/h6-9,12-14H,10-11H2,1-5H3,(H,21,24). The van der Waals surface area contributed by atoms with Crippen LogP contribution >= 0.6 is 0 Å². The van der Waals surface area contributed by atoms with Gasteiger partial charge >= 0.3 is 10.2 Å². The minimum atomic E-state index is -3.56. The Morgan fingerprint density at radius 1 is 1.00 bits per heavy atom. The Hall–Kier alpha value is -2.58. The molecule has 0 aliphatic rings. The largest absolute Gasteiger partial charge is 0.492 e. The first-order chi connectivity index (χ1) is 13.1. The molecule has 1 N–H and O–H groups in total. The topological polar surface area (TPSA) is 79.0 Å². The van der Waals surface area contributed by atoms with E-state index in [-0.39, 0.29) is 5.91 Å². The summed E-state index contributed by atoms with van der Waals surface area (Å²) in [7, 11) is 0.836. The number of amides is 1. The molecule has 2 rings (SSSR count). The molecule has 0 fully saturated rings. The summed E-state index contributed by atoms with van der Waals surface area (Å²) in [5, 5.41) is 2.79. The predicted octanol–water partition coefficient (Wildman–Crippen LogP) is 2.35. The number of hydrogen-bond acceptors (Lipinski definition) is 4. The first kappa shape index (κ1) is 21.7. The van der Waals surface area contributed by atoms with Gasteiger partial charge in [0.1, 0.15) is 12.4 Å². The molecule has 0 spiro atoms. The SMILES string of the molecule is Cc1cc(C)cc(OCCNC(=O)c2ccc(N(C)S(=O)(=O)N(C)C)cc2)c1. The number of carbonyl (C=O) groups excluding carboxylic acids is 1. The summed E-state index contributed by atoms with van der Waals surface area (Å²) in [5.74, 6) is 0.537. The van der Waals surface area contributed by atoms with Gasteiger partial charge in [-0.25, -0.2) is 0 Å². The van der Waals surface area contributed by atoms with Gasteiger partial charge in [-0.05, 0) is 61.4 Å². The highest BCUT2D eigenvalue weighted by molar-refractivity contribution is 7.90. The first-order valence-electron chi connectivity index (χ1n) is 8.87. The Morgan fingerprint density at radius 2 is 1.57 bits per heavy atom. The Bertz CT molecular complexity index is 905. The summed E-state index contributed by atoms with van der Waals surface area (Å²) in [6.45, 7) is 4.73. The van der Waals surface area contributed by atoms with E-state index >= 15 is 0 Å². The lowest BCUT2D eigenvalue weighted by Crippen LogP contribution is -2.37. The Labute approximate surface area is 167 Å². The number of nitrogens with one attached hydrogen (secondary N) is 1. The molecule has 28 heavy (non-hydrogen) atoms. The molecule has 0 atom stereocenters. The average molecular weight is 406 g/mol. The van der Waals surface area contributed by atoms with Crippen LogP contribution in [0.25, 0.3) is 0 Å². The Kier molecular flexibility index (Phi) is 7.04. The van der Waals surface area contributed by atoms with Crippen molar-refractivity contribution in [2.75, 3.05) is 38.6 Å². The zero-order valence-electron chi connectivity index (χ0n) is 16.9. The smallest absolute Gasteiger partial charge is 0.303 e. The maximum absolute atomic E-state index is 12.2. The Balaban J connectivity index is 1.89. The molecule has 0 aliphatic heterocycles. The van der Waals surface area contributed by atoms with Crippen molar-refractivity contribution >= 4 is 21.8 Å². The molecule has 0 aliphatic carbocycles. The monoisotopic (exact) mass is 405 g/mol. The molecule has 0 saturated carbocycles. The molecule has 0 unspecified atom stereocenters. The van der Waals surface area contributed by atoms with E-state index in [1.807, 2.05) is 26.0 Å². The van der Waals surface area contributed by atoms with Crippen molar-refractivity contribution in [3.05, 3.63) is 59.2 Å². The van der Waals surface area contributed by atoms with Crippen LogP contribution in [0.5, 0.6) is 5.75 Å². The van der Waals surface area contributed by atoms with Gasteiger partial charge in [0.25, 0.3) is 5.91 Å². The third-order valence-corrected chi connectivity index (χ3v) is 5.98. The molecule has 0 heterocycles. The number of hydrogen-bond donors (Lipinski definition) is 1. The van der Waals surface area contributed by atoms with E-state index in [1.54, 1.807) is 24.3 Å². The second-order valence-electron chi connectivity index (χ2n) is 6.73. The van der Waals surface area contributed by atoms with Crippen LogP contribution in [0.1, 0.15) is 21.5 Å². The van der Waals surface area contributed by atoms with Crippen LogP contribution in [0.3, 0.4) is 0 Å². The van der Waals surface area contributed by atoms with Gasteiger partial charge in [-0.1, -0.05) is 6.07 Å². The molecule has 1 amide bonds. The van der Waals surface area contributed by atoms with E-state index in [4.69, 9.17) is 4.74 Å². The molecular weight excluding hydrogens is 378 g/mol. The maximum atomic E-state index is 12.2. The van der Waals surface area contributed by atoms with Gasteiger partial charge in [0.05, 0.1) is 12.2 Å². The number of ether oxygens (including phenoxy) is 1. The summed E-state index contributed by atoms with van der Waals surface area (Å²) < 4.78 is 32.2. The van der Waals surface area contributed by atoms with Gasteiger partial charge in [0.15, 0.2) is 0 Å². The van der Waals surface area contributed by atoms with Crippen LogP contribution in [-0.4, -0.2) is 52.9 Å². The molecule has 7 nitrogen and oxygen atoms in total. The number of anilines is 1. The minimum Gasteiger partial charge on any atom is -0.492 e. The molecule has 8 heteroatoms. The van der Waals surface area contributed by atoms with Crippen LogP contribution in [-0.2, 0) is 10.2 Å². The number of aryl methyl sites for hydroxylation is 2. The van der Waals surface area contributed by atoms with Crippen molar-refractivity contribution in [1.29, 1.82) is 0 Å². The fraction of sp³-hybridized carbons (Fsp3) is 0.350. The van der Waals surface area contributed by atoms with Crippen molar-refractivity contribution in [3.8, 4) is 5.75 Å². The van der Waals surface area contributed by atoms with Crippen LogP contribution in [0, 0.1) is 13.8 Å². The van der Waals surface area contributed by atoms with Gasteiger partial charge in [-0.3, -0.25) is 9.10 Å². The van der Waals surface area contributed by atoms with E-state index < -0.39 is 10.2 Å². The van der Waals surface area contributed by atoms with Crippen molar-refractivity contribution in [3.63, 3.8) is 0 Å². The van der Waals surface area contributed by atoms with Crippen molar-refractivity contribution in [2.45, 2.75) is 13.8 Å². The average Bonchev–Trinajstić information content (AvgIpc) is 2.63. The van der Waals surface area contributed by atoms with Crippen LogP contribution in [0.15, 0.2) is 42.5 Å². The lowest BCUT2D eigenvalue weighted by molar-refractivity contribution is 0.0947. The van der Waals surface area contributed by atoms with Gasteiger partial charge < -0.3 is 10.1 Å². The highest BCUT2D eigenvalue weighted by Crippen LogP contribution is 2.18. The highest BCUT2D eigenvalue weighted by Gasteiger charge is 2.21. The summed E-state index contributed by atoms with van der Waals surface area (Å²) in [5.41, 5.74) is 3.18. The molecule has 2 aromatic rings. The Morgan fingerprint density at radius 3 is 2.11 bits per heavy atom. The highest BCUT2D eigenvalue weighted by atomic mass is 32.2. The zero-order chi connectivity index (χ0) is 20.9. The van der Waals surface area contributed by atoms with Gasteiger partial charge in [-0.2, -0.15) is 12.7 Å². The first-order valence-corrected chi connectivity index (χ1v) is 10.3. The molecule has 0 radical (unpaired) electrons. The van der Waals surface area contributed by atoms with Crippen LogP contribution < -0.4 is 14.4 Å². The third kappa shape index (κ3) is 5.46. The quantitative estimate of drug-likeness (QED) is 0.684. The molecule has 0 aromatic heterocycles. The van der Waals surface area contributed by atoms with Gasteiger partial charge in [0.2, 0.25) is 0 Å². The number of nitrogens with zero attached hydrogens (tertiary/aromatic N) is 2. The number of benzene rings is 2. The van der Waals surface area contributed by atoms with Crippen LogP contribution in [0.2, 0.25) is 0 Å². The van der Waals surface area contributed by atoms with Crippen LogP contribution in [0.4, 0.5) is 5.69 Å². The lowest BCUT2D eigenvalue weighted by Gasteiger charge is -2.23. The number of carbonyl (C=O) groups is 1. The predicted molar refractivity (Wildman–Crippen MR) is 111 cm³/mol. The van der Waals surface area contributed by atoms with Gasteiger partial charge in [-0.15, -0.1) is 0 Å². The molecule has 0 bridgehead atoms. The lowest BCUT2D eigenvalue weighted by atomic mass is 10.1. The molecular formula is C20H27N3O4S. The van der Waals surface area contributed by atoms with Gasteiger partial charge in [0, 0.05) is 26.7 Å². The second-order valence-corrected chi connectivity index (χ2v) is 8.91. The maximum Gasteiger partial charge on any atom is 0.303 e. The van der Waals surface area contributed by atoms with Crippen molar-refractivity contribution in [2.24, 2.45) is 0 Å². The van der Waals surface area contributed by atoms with E-state index in [2.05, 4.69) is 11.4 Å². The van der Waals surface area contributed by atoms with E-state index in [9.17, 15) is 13.2 Å². The second kappa shape index (κ2) is 9.07. The normalized spacial score (nSPS) is 11.4. The molecule has 152 valence electrons. The summed E-state index contributed by atoms with van der Waals surface area (Å²) >= 11 is 0. The zero-order valence-corrected chi connectivity index (χ0v) is 17.7. The minimum absolute atomic E-state index is 0.242. The summed E-state index contributed by atoms with van der Waals surface area (Å²) in [4.78, 5) is 12.2. The summed E-state index contributed by atoms with van der Waals surface area (Å²) in [6.07, 6.45) is 0. The fourth-order valence-corrected chi connectivity index (χ4v) is 3.53. The van der Waals surface area contributed by atoms with E-state index in [0.29, 0.717) is 24.4 Å². The molecule has 0 saturated heterocycles. The van der Waals surface area contributed by atoms with Crippen molar-refractivity contribution in [1.82, 2.24) is 9.62 Å². The van der Waals surface area contributed by atoms with E-state index in [0.717, 1.165) is 25.5 Å². The van der Waals surface area contributed by atoms with Crippen molar-refractivity contribution < 1.29 is 17.9 Å². The fourth-order valence-electron chi connectivity index (χ4n) is 2.65. The third-order valence-electron chi connectivity index (χ3n) is 4.15. The molecule has 2 aromatic carbocycles. The summed E-state index contributed by atoms with van der Waals surface area (Å²) in [6, 6.07) is 12.4. The number of rotatable bonds is 8. The van der Waals surface area contributed by atoms with E-state index in [1.165, 1.54) is 21.1 Å².